The molecule has 90 valence electrons. The third-order valence-electron chi connectivity index (χ3n) is 3.31. The number of anilines is 2. The van der Waals surface area contributed by atoms with Crippen LogP contribution in [0.4, 0.5) is 11.4 Å². The summed E-state index contributed by atoms with van der Waals surface area (Å²) in [6.45, 7) is 0.521. The summed E-state index contributed by atoms with van der Waals surface area (Å²) >= 11 is 0. The van der Waals surface area contributed by atoms with E-state index in [0.717, 1.165) is 23.0 Å². The van der Waals surface area contributed by atoms with E-state index in [1.807, 2.05) is 18.2 Å². The van der Waals surface area contributed by atoms with Crippen molar-refractivity contribution in [2.75, 3.05) is 17.7 Å². The maximum absolute atomic E-state index is 5.71. The van der Waals surface area contributed by atoms with Crippen molar-refractivity contribution in [2.24, 2.45) is 4.99 Å². The summed E-state index contributed by atoms with van der Waals surface area (Å²) < 4.78 is 5.65. The van der Waals surface area contributed by atoms with Crippen LogP contribution in [0.15, 0.2) is 23.2 Å². The molecule has 2 aliphatic rings. The van der Waals surface area contributed by atoms with Crippen molar-refractivity contribution in [3.63, 3.8) is 0 Å². The number of nitrogen functional groups attached to an aromatic ring is 1. The fourth-order valence-electron chi connectivity index (χ4n) is 2.42. The van der Waals surface area contributed by atoms with Gasteiger partial charge in [0.1, 0.15) is 18.2 Å². The van der Waals surface area contributed by atoms with Gasteiger partial charge in [-0.05, 0) is 25.0 Å². The van der Waals surface area contributed by atoms with Crippen molar-refractivity contribution in [2.45, 2.75) is 31.7 Å². The molecule has 17 heavy (non-hydrogen) atoms. The fraction of sp³-hybridized carbons (Fsp3) is 0.462. The third-order valence-corrected chi connectivity index (χ3v) is 3.31. The van der Waals surface area contributed by atoms with E-state index in [-0.39, 0.29) is 0 Å². The third kappa shape index (κ3) is 2.20. The summed E-state index contributed by atoms with van der Waals surface area (Å²) in [4.78, 5) is 4.71. The Morgan fingerprint density at radius 2 is 2.12 bits per heavy atom. The van der Waals surface area contributed by atoms with Crippen LogP contribution in [0.2, 0.25) is 0 Å². The minimum atomic E-state index is 0.483. The Bertz CT molecular complexity index is 450. The van der Waals surface area contributed by atoms with Crippen molar-refractivity contribution in [1.82, 2.24) is 0 Å². The quantitative estimate of drug-likeness (QED) is 0.730. The molecular formula is C13H17N3O. The summed E-state index contributed by atoms with van der Waals surface area (Å²) in [5.74, 6) is 1.75. The second kappa shape index (κ2) is 4.28. The molecule has 1 aliphatic heterocycles. The molecule has 0 radical (unpaired) electrons. The summed E-state index contributed by atoms with van der Waals surface area (Å²) in [7, 11) is 0. The molecule has 1 saturated carbocycles. The zero-order chi connectivity index (χ0) is 11.7. The highest BCUT2D eigenvalue weighted by Crippen LogP contribution is 2.30. The maximum atomic E-state index is 5.71. The number of aliphatic imine (C=N–C) groups is 1. The van der Waals surface area contributed by atoms with E-state index in [0.29, 0.717) is 12.6 Å². The topological polar surface area (TPSA) is 59.6 Å². The van der Waals surface area contributed by atoms with Gasteiger partial charge < -0.3 is 15.8 Å². The number of nitrogens with one attached hydrogen (secondary N) is 1. The largest absolute Gasteiger partial charge is 0.483 e. The molecule has 3 rings (SSSR count). The molecule has 1 fully saturated rings. The molecule has 4 nitrogen and oxygen atoms in total. The molecule has 3 N–H and O–H groups in total. The zero-order valence-electron chi connectivity index (χ0n) is 9.78. The van der Waals surface area contributed by atoms with Gasteiger partial charge in [-0.2, -0.15) is 0 Å². The highest BCUT2D eigenvalue weighted by atomic mass is 16.5. The number of nitrogens with zero attached hydrogens (tertiary/aromatic N) is 1. The molecule has 0 amide bonds. The average molecular weight is 231 g/mol. The molecule has 1 aromatic rings. The first-order chi connectivity index (χ1) is 8.31. The second-order valence-corrected chi connectivity index (χ2v) is 4.68. The van der Waals surface area contributed by atoms with Crippen molar-refractivity contribution in [3.8, 4) is 5.75 Å². The molecule has 0 atom stereocenters. The first kappa shape index (κ1) is 10.4. The number of fused-ring (bicyclic) bond motifs is 1. The number of ether oxygens (including phenoxy) is 1. The predicted molar refractivity (Wildman–Crippen MR) is 69.7 cm³/mol. The predicted octanol–water partition coefficient (Wildman–Crippen LogP) is 2.41. The SMILES string of the molecule is Nc1ccc2c(c1)OCC(=NC1CCCC1)N2. The fourth-order valence-corrected chi connectivity index (χ4v) is 2.42. The lowest BCUT2D eigenvalue weighted by Gasteiger charge is -2.22. The molecule has 0 bridgehead atoms. The van der Waals surface area contributed by atoms with Gasteiger partial charge in [0.2, 0.25) is 0 Å². The Morgan fingerprint density at radius 1 is 1.29 bits per heavy atom. The molecule has 1 aliphatic carbocycles. The van der Waals surface area contributed by atoms with Crippen LogP contribution in [-0.2, 0) is 0 Å². The van der Waals surface area contributed by atoms with Crippen LogP contribution in [-0.4, -0.2) is 18.5 Å². The normalized spacial score (nSPS) is 22.0. The second-order valence-electron chi connectivity index (χ2n) is 4.68. The van der Waals surface area contributed by atoms with Crippen molar-refractivity contribution >= 4 is 17.2 Å². The summed E-state index contributed by atoms with van der Waals surface area (Å²) in [6.07, 6.45) is 5.02. The van der Waals surface area contributed by atoms with Gasteiger partial charge >= 0.3 is 0 Å². The molecule has 1 aromatic carbocycles. The minimum Gasteiger partial charge on any atom is -0.483 e. The van der Waals surface area contributed by atoms with Crippen LogP contribution in [0.5, 0.6) is 5.75 Å². The Kier molecular flexibility index (Phi) is 2.63. The van der Waals surface area contributed by atoms with Crippen molar-refractivity contribution in [1.29, 1.82) is 0 Å². The van der Waals surface area contributed by atoms with Crippen molar-refractivity contribution < 1.29 is 4.74 Å². The van der Waals surface area contributed by atoms with E-state index in [4.69, 9.17) is 15.5 Å². The highest BCUT2D eigenvalue weighted by molar-refractivity contribution is 5.99. The number of rotatable bonds is 1. The van der Waals surface area contributed by atoms with Crippen LogP contribution >= 0.6 is 0 Å². The van der Waals surface area contributed by atoms with Crippen LogP contribution in [0, 0.1) is 0 Å². The lowest BCUT2D eigenvalue weighted by molar-refractivity contribution is 0.371. The van der Waals surface area contributed by atoms with Gasteiger partial charge in [-0.15, -0.1) is 0 Å². The van der Waals surface area contributed by atoms with Gasteiger partial charge in [-0.25, -0.2) is 0 Å². The van der Waals surface area contributed by atoms with E-state index in [9.17, 15) is 0 Å². The Labute approximate surface area is 101 Å². The van der Waals surface area contributed by atoms with Gasteiger partial charge in [-0.1, -0.05) is 12.8 Å². The van der Waals surface area contributed by atoms with Crippen LogP contribution in [0.1, 0.15) is 25.7 Å². The van der Waals surface area contributed by atoms with Gasteiger partial charge in [0.05, 0.1) is 11.7 Å². The maximum Gasteiger partial charge on any atom is 0.146 e. The van der Waals surface area contributed by atoms with Gasteiger partial charge in [0.15, 0.2) is 0 Å². The highest BCUT2D eigenvalue weighted by Gasteiger charge is 2.18. The summed E-state index contributed by atoms with van der Waals surface area (Å²) in [6, 6.07) is 6.13. The number of nitrogens with two attached hydrogens (primary N) is 1. The minimum absolute atomic E-state index is 0.483. The van der Waals surface area contributed by atoms with E-state index in [1.54, 1.807) is 0 Å². The van der Waals surface area contributed by atoms with Crippen LogP contribution in [0.25, 0.3) is 0 Å². The lowest BCUT2D eigenvalue weighted by Crippen LogP contribution is -2.27. The van der Waals surface area contributed by atoms with E-state index in [1.165, 1.54) is 25.7 Å². The van der Waals surface area contributed by atoms with E-state index in [2.05, 4.69) is 5.32 Å². The standard InChI is InChI=1S/C13H17N3O/c14-9-5-6-11-12(7-9)17-8-13(16-11)15-10-3-1-2-4-10/h5-7,10H,1-4,8,14H2,(H,15,16). The van der Waals surface area contributed by atoms with E-state index < -0.39 is 0 Å². The number of benzene rings is 1. The molecular weight excluding hydrogens is 214 g/mol. The Morgan fingerprint density at radius 3 is 2.94 bits per heavy atom. The Hall–Kier alpha value is -1.71. The molecule has 0 unspecified atom stereocenters. The smallest absolute Gasteiger partial charge is 0.146 e. The number of hydrogen-bond acceptors (Lipinski definition) is 3. The van der Waals surface area contributed by atoms with Gasteiger partial charge in [0.25, 0.3) is 0 Å². The lowest BCUT2D eigenvalue weighted by atomic mass is 10.2. The van der Waals surface area contributed by atoms with Crippen LogP contribution in [0.3, 0.4) is 0 Å². The summed E-state index contributed by atoms with van der Waals surface area (Å²) in [5, 5.41) is 3.32. The van der Waals surface area contributed by atoms with Crippen LogP contribution < -0.4 is 15.8 Å². The molecule has 0 spiro atoms. The summed E-state index contributed by atoms with van der Waals surface area (Å²) in [5.41, 5.74) is 7.39. The first-order valence-corrected chi connectivity index (χ1v) is 6.17. The monoisotopic (exact) mass is 231 g/mol. The average Bonchev–Trinajstić information content (AvgIpc) is 2.82. The van der Waals surface area contributed by atoms with Gasteiger partial charge in [-0.3, -0.25) is 4.99 Å². The molecule has 0 saturated heterocycles. The first-order valence-electron chi connectivity index (χ1n) is 6.17. The van der Waals surface area contributed by atoms with Crippen molar-refractivity contribution in [3.05, 3.63) is 18.2 Å². The Balaban J connectivity index is 1.78. The zero-order valence-corrected chi connectivity index (χ0v) is 9.78. The number of hydrogen-bond donors (Lipinski definition) is 2. The number of amidine groups is 1. The van der Waals surface area contributed by atoms with Gasteiger partial charge in [0, 0.05) is 11.8 Å². The molecule has 1 heterocycles. The van der Waals surface area contributed by atoms with E-state index >= 15 is 0 Å². The molecule has 0 aromatic heterocycles. The molecule has 4 heteroatoms.